The zero-order chi connectivity index (χ0) is 15.5. The van der Waals surface area contributed by atoms with Crippen molar-refractivity contribution in [1.82, 2.24) is 0 Å². The zero-order valence-electron chi connectivity index (χ0n) is 12.3. The average Bonchev–Trinajstić information content (AvgIpc) is 2.34. The van der Waals surface area contributed by atoms with Crippen LogP contribution in [0.25, 0.3) is 0 Å². The Morgan fingerprint density at radius 3 is 2.30 bits per heavy atom. The van der Waals surface area contributed by atoms with E-state index in [-0.39, 0.29) is 5.56 Å². The number of rotatable bonds is 4. The van der Waals surface area contributed by atoms with Gasteiger partial charge in [0.25, 0.3) is 0 Å². The highest BCUT2D eigenvalue weighted by Crippen LogP contribution is 2.20. The number of halogens is 1. The van der Waals surface area contributed by atoms with Gasteiger partial charge in [-0.1, -0.05) is 0 Å². The van der Waals surface area contributed by atoms with Crippen molar-refractivity contribution in [3.63, 3.8) is 0 Å². The maximum Gasteiger partial charge on any atom is 0.317 e. The SMILES string of the molecule is COc1ccc(C(=O)C(C)C(=O)OC(C)(C)C)c(F)c1. The van der Waals surface area contributed by atoms with Gasteiger partial charge >= 0.3 is 5.97 Å². The fraction of sp³-hybridized carbons (Fsp3) is 0.467. The Kier molecular flexibility index (Phi) is 4.87. The second kappa shape index (κ2) is 6.03. The van der Waals surface area contributed by atoms with Crippen LogP contribution in [0.4, 0.5) is 4.39 Å². The van der Waals surface area contributed by atoms with E-state index in [1.165, 1.54) is 26.2 Å². The minimum absolute atomic E-state index is 0.149. The standard InChI is InChI=1S/C15H19FO4/c1-9(14(18)20-15(2,3)4)13(17)11-7-6-10(19-5)8-12(11)16/h6-9H,1-5H3. The molecule has 0 saturated carbocycles. The third kappa shape index (κ3) is 4.05. The van der Waals surface area contributed by atoms with E-state index in [0.717, 1.165) is 6.07 Å². The molecule has 1 aromatic carbocycles. The number of ketones is 1. The van der Waals surface area contributed by atoms with Crippen molar-refractivity contribution in [1.29, 1.82) is 0 Å². The molecular formula is C15H19FO4. The highest BCUT2D eigenvalue weighted by molar-refractivity contribution is 6.08. The summed E-state index contributed by atoms with van der Waals surface area (Å²) in [5, 5.41) is 0. The van der Waals surface area contributed by atoms with Crippen molar-refractivity contribution in [3.8, 4) is 5.75 Å². The van der Waals surface area contributed by atoms with Crippen LogP contribution in [0.3, 0.4) is 0 Å². The van der Waals surface area contributed by atoms with Gasteiger partial charge < -0.3 is 9.47 Å². The summed E-state index contributed by atoms with van der Waals surface area (Å²) in [4.78, 5) is 23.9. The van der Waals surface area contributed by atoms with Crippen molar-refractivity contribution in [2.45, 2.75) is 33.3 Å². The molecule has 1 aromatic rings. The zero-order valence-corrected chi connectivity index (χ0v) is 12.3. The summed E-state index contributed by atoms with van der Waals surface area (Å²) in [6.45, 7) is 6.52. The van der Waals surface area contributed by atoms with E-state index in [9.17, 15) is 14.0 Å². The smallest absolute Gasteiger partial charge is 0.317 e. The quantitative estimate of drug-likeness (QED) is 0.484. The molecule has 110 valence electrons. The van der Waals surface area contributed by atoms with Crippen LogP contribution < -0.4 is 4.74 Å². The largest absolute Gasteiger partial charge is 0.497 e. The van der Waals surface area contributed by atoms with Crippen LogP contribution in [0.1, 0.15) is 38.1 Å². The third-order valence-corrected chi connectivity index (χ3v) is 2.60. The molecule has 1 unspecified atom stereocenters. The number of carbonyl (C=O) groups is 2. The van der Waals surface area contributed by atoms with E-state index in [0.29, 0.717) is 5.75 Å². The summed E-state index contributed by atoms with van der Waals surface area (Å²) in [7, 11) is 1.40. The van der Waals surface area contributed by atoms with Crippen LogP contribution in [0.2, 0.25) is 0 Å². The van der Waals surface area contributed by atoms with E-state index in [2.05, 4.69) is 0 Å². The molecule has 5 heteroatoms. The lowest BCUT2D eigenvalue weighted by molar-refractivity contribution is -0.157. The number of Topliss-reactive ketones (excluding diaryl/α,β-unsaturated/α-hetero) is 1. The monoisotopic (exact) mass is 282 g/mol. The number of hydrogen-bond donors (Lipinski definition) is 0. The lowest BCUT2D eigenvalue weighted by atomic mass is 9.98. The molecule has 1 atom stereocenters. The Morgan fingerprint density at radius 2 is 1.85 bits per heavy atom. The lowest BCUT2D eigenvalue weighted by Gasteiger charge is -2.21. The summed E-state index contributed by atoms with van der Waals surface area (Å²) in [5.74, 6) is -2.75. The summed E-state index contributed by atoms with van der Waals surface area (Å²) >= 11 is 0. The van der Waals surface area contributed by atoms with Gasteiger partial charge in [-0.15, -0.1) is 0 Å². The number of ether oxygens (including phenoxy) is 2. The number of carbonyl (C=O) groups excluding carboxylic acids is 2. The second-order valence-electron chi connectivity index (χ2n) is 5.47. The Bertz CT molecular complexity index is 517. The summed E-state index contributed by atoms with van der Waals surface area (Å²) in [6, 6.07) is 3.88. The van der Waals surface area contributed by atoms with Crippen molar-refractivity contribution in [2.75, 3.05) is 7.11 Å². The predicted molar refractivity (Wildman–Crippen MR) is 72.3 cm³/mol. The Labute approximate surface area is 117 Å². The molecular weight excluding hydrogens is 263 g/mol. The molecule has 0 saturated heterocycles. The predicted octanol–water partition coefficient (Wildman–Crippen LogP) is 2.99. The van der Waals surface area contributed by atoms with Crippen molar-refractivity contribution < 1.29 is 23.5 Å². The minimum Gasteiger partial charge on any atom is -0.497 e. The van der Waals surface area contributed by atoms with Crippen LogP contribution in [-0.2, 0) is 9.53 Å². The fourth-order valence-corrected chi connectivity index (χ4v) is 1.55. The molecule has 1 rings (SSSR count). The van der Waals surface area contributed by atoms with Crippen LogP contribution in [0, 0.1) is 11.7 Å². The Balaban J connectivity index is 2.92. The van der Waals surface area contributed by atoms with Crippen molar-refractivity contribution in [2.24, 2.45) is 5.92 Å². The fourth-order valence-electron chi connectivity index (χ4n) is 1.55. The molecule has 0 spiro atoms. The van der Waals surface area contributed by atoms with Crippen LogP contribution >= 0.6 is 0 Å². The molecule has 0 radical (unpaired) electrons. The summed E-state index contributed by atoms with van der Waals surface area (Å²) in [5.41, 5.74) is -0.839. The maximum atomic E-state index is 13.8. The van der Waals surface area contributed by atoms with E-state index >= 15 is 0 Å². The van der Waals surface area contributed by atoms with Gasteiger partial charge in [0, 0.05) is 6.07 Å². The highest BCUT2D eigenvalue weighted by Gasteiger charge is 2.29. The van der Waals surface area contributed by atoms with Crippen molar-refractivity contribution >= 4 is 11.8 Å². The Morgan fingerprint density at radius 1 is 1.25 bits per heavy atom. The third-order valence-electron chi connectivity index (χ3n) is 2.60. The Hall–Kier alpha value is -1.91. The van der Waals surface area contributed by atoms with Gasteiger partial charge in [0.05, 0.1) is 12.7 Å². The molecule has 4 nitrogen and oxygen atoms in total. The van der Waals surface area contributed by atoms with Gasteiger partial charge in [-0.3, -0.25) is 9.59 Å². The average molecular weight is 282 g/mol. The summed E-state index contributed by atoms with van der Waals surface area (Å²) < 4.78 is 23.8. The number of methoxy groups -OCH3 is 1. The molecule has 0 aromatic heterocycles. The van der Waals surface area contributed by atoms with Gasteiger partial charge in [-0.05, 0) is 39.8 Å². The molecule has 0 N–H and O–H groups in total. The number of benzene rings is 1. The first-order valence-electron chi connectivity index (χ1n) is 6.26. The molecule has 0 aliphatic carbocycles. The first kappa shape index (κ1) is 16.1. The molecule has 20 heavy (non-hydrogen) atoms. The van der Waals surface area contributed by atoms with E-state index < -0.39 is 29.1 Å². The van der Waals surface area contributed by atoms with Crippen molar-refractivity contribution in [3.05, 3.63) is 29.6 Å². The normalized spacial score (nSPS) is 12.7. The van der Waals surface area contributed by atoms with Crippen LogP contribution in [0.5, 0.6) is 5.75 Å². The molecule has 0 fully saturated rings. The number of hydrogen-bond acceptors (Lipinski definition) is 4. The van der Waals surface area contributed by atoms with Crippen LogP contribution in [-0.4, -0.2) is 24.5 Å². The summed E-state index contributed by atoms with van der Waals surface area (Å²) in [6.07, 6.45) is 0. The minimum atomic E-state index is -1.06. The lowest BCUT2D eigenvalue weighted by Crippen LogP contribution is -2.31. The molecule has 0 bridgehead atoms. The van der Waals surface area contributed by atoms with E-state index in [1.54, 1.807) is 20.8 Å². The topological polar surface area (TPSA) is 52.6 Å². The molecule has 0 heterocycles. The highest BCUT2D eigenvalue weighted by atomic mass is 19.1. The maximum absolute atomic E-state index is 13.8. The van der Waals surface area contributed by atoms with Gasteiger partial charge in [0.15, 0.2) is 5.78 Å². The molecule has 0 aliphatic heterocycles. The van der Waals surface area contributed by atoms with E-state index in [4.69, 9.17) is 9.47 Å². The van der Waals surface area contributed by atoms with Gasteiger partial charge in [-0.25, -0.2) is 4.39 Å². The van der Waals surface area contributed by atoms with Crippen LogP contribution in [0.15, 0.2) is 18.2 Å². The first-order valence-corrected chi connectivity index (χ1v) is 6.26. The van der Waals surface area contributed by atoms with Gasteiger partial charge in [0.2, 0.25) is 0 Å². The molecule has 0 aliphatic rings. The van der Waals surface area contributed by atoms with E-state index in [1.807, 2.05) is 0 Å². The van der Waals surface area contributed by atoms with Gasteiger partial charge in [-0.2, -0.15) is 0 Å². The number of esters is 1. The second-order valence-corrected chi connectivity index (χ2v) is 5.47. The first-order chi connectivity index (χ1) is 9.15. The molecule has 0 amide bonds. The van der Waals surface area contributed by atoms with Gasteiger partial charge in [0.1, 0.15) is 23.1 Å².